The summed E-state index contributed by atoms with van der Waals surface area (Å²) >= 11 is 6.17. The average Bonchev–Trinajstić information content (AvgIpc) is 2.69. The van der Waals surface area contributed by atoms with Crippen molar-refractivity contribution < 1.29 is 9.90 Å². The Hall–Kier alpha value is -2.18. The normalized spacial score (nSPS) is 15.6. The molecule has 100 valence electrons. The number of aromatic hydroxyl groups is 1. The van der Waals surface area contributed by atoms with E-state index in [1.807, 2.05) is 24.3 Å². The Bertz CT molecular complexity index is 828. The van der Waals surface area contributed by atoms with Gasteiger partial charge in [-0.1, -0.05) is 41.7 Å². The van der Waals surface area contributed by atoms with Crippen LogP contribution in [0.2, 0.25) is 0 Å². The molecular formula is C14H10N2O2S2. The van der Waals surface area contributed by atoms with E-state index in [4.69, 9.17) is 18.1 Å². The van der Waals surface area contributed by atoms with E-state index in [-0.39, 0.29) is 11.7 Å². The van der Waals surface area contributed by atoms with Crippen molar-refractivity contribution in [3.8, 4) is 5.88 Å². The quantitative estimate of drug-likeness (QED) is 0.483. The first-order valence-electron chi connectivity index (χ1n) is 5.81. The third-order valence-electron chi connectivity index (χ3n) is 3.05. The van der Waals surface area contributed by atoms with E-state index in [1.54, 1.807) is 12.2 Å². The lowest BCUT2D eigenvalue weighted by atomic mass is 9.91. The molecule has 0 bridgehead atoms. The van der Waals surface area contributed by atoms with E-state index < -0.39 is 0 Å². The van der Waals surface area contributed by atoms with Gasteiger partial charge < -0.3 is 10.9 Å². The summed E-state index contributed by atoms with van der Waals surface area (Å²) in [6.07, 6.45) is 4.93. The number of aromatic nitrogens is 1. The van der Waals surface area contributed by atoms with Crippen molar-refractivity contribution in [2.24, 2.45) is 0 Å². The van der Waals surface area contributed by atoms with Crippen LogP contribution in [0.5, 0.6) is 5.88 Å². The van der Waals surface area contributed by atoms with Gasteiger partial charge in [0.25, 0.3) is 0 Å². The van der Waals surface area contributed by atoms with Gasteiger partial charge in [0.05, 0.1) is 4.88 Å². The van der Waals surface area contributed by atoms with Crippen molar-refractivity contribution in [2.75, 3.05) is 5.84 Å². The predicted molar refractivity (Wildman–Crippen MR) is 83.3 cm³/mol. The molecular weight excluding hydrogens is 292 g/mol. The topological polar surface area (TPSA) is 68.2 Å². The molecule has 1 heterocycles. The highest BCUT2D eigenvalue weighted by molar-refractivity contribution is 7.73. The van der Waals surface area contributed by atoms with Crippen molar-refractivity contribution >= 4 is 47.1 Å². The number of nitrogen functional groups attached to an aromatic ring is 1. The first-order chi connectivity index (χ1) is 9.58. The smallest absolute Gasteiger partial charge is 0.229 e. The molecule has 0 fully saturated rings. The molecule has 2 aromatic rings. The van der Waals surface area contributed by atoms with Crippen molar-refractivity contribution in [1.82, 2.24) is 4.68 Å². The number of benzene rings is 1. The Morgan fingerprint density at radius 3 is 2.75 bits per heavy atom. The van der Waals surface area contributed by atoms with Crippen LogP contribution in [0, 0.1) is 3.95 Å². The van der Waals surface area contributed by atoms with E-state index in [0.717, 1.165) is 27.1 Å². The summed E-state index contributed by atoms with van der Waals surface area (Å²) in [7, 11) is 0. The largest absolute Gasteiger partial charge is 0.492 e. The number of carbonyl (C=O) groups excluding carboxylic acids is 1. The SMILES string of the molecule is Nn1c(O)c(/C=C2\C(=O)C=Cc3ccccc32)sc1=S. The summed E-state index contributed by atoms with van der Waals surface area (Å²) < 4.78 is 1.38. The molecule has 0 radical (unpaired) electrons. The molecule has 1 aromatic carbocycles. The van der Waals surface area contributed by atoms with Gasteiger partial charge in [-0.2, -0.15) is 0 Å². The van der Waals surface area contributed by atoms with Crippen molar-refractivity contribution in [1.29, 1.82) is 0 Å². The zero-order valence-corrected chi connectivity index (χ0v) is 11.9. The molecule has 0 spiro atoms. The van der Waals surface area contributed by atoms with Crippen LogP contribution >= 0.6 is 23.6 Å². The maximum atomic E-state index is 12.1. The summed E-state index contributed by atoms with van der Waals surface area (Å²) in [5.74, 6) is 5.34. The number of carbonyl (C=O) groups is 1. The molecule has 0 amide bonds. The third-order valence-corrected chi connectivity index (χ3v) is 4.39. The molecule has 4 nitrogen and oxygen atoms in total. The van der Waals surface area contributed by atoms with E-state index >= 15 is 0 Å². The Morgan fingerprint density at radius 2 is 2.05 bits per heavy atom. The first-order valence-corrected chi connectivity index (χ1v) is 7.04. The van der Waals surface area contributed by atoms with Gasteiger partial charge in [-0.05, 0) is 35.5 Å². The summed E-state index contributed by atoms with van der Waals surface area (Å²) in [5, 5.41) is 9.89. The third kappa shape index (κ3) is 1.99. The zero-order chi connectivity index (χ0) is 14.3. The van der Waals surface area contributed by atoms with Crippen LogP contribution in [0.15, 0.2) is 30.3 Å². The van der Waals surface area contributed by atoms with Crippen LogP contribution in [0.1, 0.15) is 16.0 Å². The first kappa shape index (κ1) is 12.8. The fourth-order valence-electron chi connectivity index (χ4n) is 2.04. The molecule has 1 aliphatic carbocycles. The van der Waals surface area contributed by atoms with Crippen LogP contribution < -0.4 is 5.84 Å². The van der Waals surface area contributed by atoms with E-state index in [2.05, 4.69) is 0 Å². The highest BCUT2D eigenvalue weighted by atomic mass is 32.1. The number of hydrogen-bond acceptors (Lipinski definition) is 5. The van der Waals surface area contributed by atoms with Gasteiger partial charge >= 0.3 is 0 Å². The van der Waals surface area contributed by atoms with Gasteiger partial charge in [0.15, 0.2) is 9.74 Å². The number of allylic oxidation sites excluding steroid dienone is 2. The number of nitrogens with two attached hydrogens (primary N) is 1. The van der Waals surface area contributed by atoms with E-state index in [1.165, 1.54) is 6.08 Å². The highest BCUT2D eigenvalue weighted by Crippen LogP contribution is 2.32. The second-order valence-corrected chi connectivity index (χ2v) is 5.94. The molecule has 0 aliphatic heterocycles. The molecule has 0 saturated heterocycles. The standard InChI is InChI=1S/C14H10N2O2S2/c15-16-13(18)12(20-14(16)19)7-10-9-4-2-1-3-8(9)5-6-11(10)17/h1-7,18H,15H2/b10-7-. The Balaban J connectivity index is 2.20. The lowest BCUT2D eigenvalue weighted by molar-refractivity contribution is -0.109. The molecule has 6 heteroatoms. The fraction of sp³-hybridized carbons (Fsp3) is 0. The second-order valence-electron chi connectivity index (χ2n) is 4.27. The summed E-state index contributed by atoms with van der Waals surface area (Å²) in [5.41, 5.74) is 2.33. The molecule has 1 aliphatic rings. The predicted octanol–water partition coefficient (Wildman–Crippen LogP) is 2.83. The number of rotatable bonds is 1. The minimum atomic E-state index is -0.132. The van der Waals surface area contributed by atoms with Gasteiger partial charge in [-0.3, -0.25) is 4.79 Å². The summed E-state index contributed by atoms with van der Waals surface area (Å²) in [6, 6.07) is 7.59. The number of hydrogen-bond donors (Lipinski definition) is 2. The van der Waals surface area contributed by atoms with Gasteiger partial charge in [0.1, 0.15) is 0 Å². The average molecular weight is 302 g/mol. The summed E-state index contributed by atoms with van der Waals surface area (Å²) in [4.78, 5) is 12.5. The van der Waals surface area contributed by atoms with Gasteiger partial charge in [-0.15, -0.1) is 0 Å². The molecule has 20 heavy (non-hydrogen) atoms. The van der Waals surface area contributed by atoms with Gasteiger partial charge in [-0.25, -0.2) is 4.68 Å². The Morgan fingerprint density at radius 1 is 1.30 bits per heavy atom. The van der Waals surface area contributed by atoms with Crippen molar-refractivity contribution in [3.05, 3.63) is 50.3 Å². The van der Waals surface area contributed by atoms with Crippen molar-refractivity contribution in [3.63, 3.8) is 0 Å². The number of ketones is 1. The van der Waals surface area contributed by atoms with Gasteiger partial charge in [0, 0.05) is 5.57 Å². The monoisotopic (exact) mass is 302 g/mol. The summed E-state index contributed by atoms with van der Waals surface area (Å²) in [6.45, 7) is 0. The minimum Gasteiger partial charge on any atom is -0.492 e. The van der Waals surface area contributed by atoms with Gasteiger partial charge in [0.2, 0.25) is 5.88 Å². The molecule has 3 N–H and O–H groups in total. The van der Waals surface area contributed by atoms with Crippen LogP contribution in [0.3, 0.4) is 0 Å². The maximum absolute atomic E-state index is 12.1. The molecule has 0 unspecified atom stereocenters. The van der Waals surface area contributed by atoms with E-state index in [9.17, 15) is 9.90 Å². The zero-order valence-electron chi connectivity index (χ0n) is 10.2. The highest BCUT2D eigenvalue weighted by Gasteiger charge is 2.18. The lowest BCUT2D eigenvalue weighted by Gasteiger charge is -2.12. The van der Waals surface area contributed by atoms with Crippen LogP contribution in [0.4, 0.5) is 0 Å². The number of nitrogens with zero attached hydrogens (tertiary/aromatic N) is 1. The van der Waals surface area contributed by atoms with Crippen LogP contribution in [-0.2, 0) is 4.79 Å². The Labute approximate surface area is 124 Å². The maximum Gasteiger partial charge on any atom is 0.229 e. The lowest BCUT2D eigenvalue weighted by Crippen LogP contribution is -2.06. The molecule has 3 rings (SSSR count). The fourth-order valence-corrected chi connectivity index (χ4v) is 3.14. The van der Waals surface area contributed by atoms with Crippen LogP contribution in [0.25, 0.3) is 17.7 Å². The van der Waals surface area contributed by atoms with E-state index in [0.29, 0.717) is 14.4 Å². The molecule has 1 aromatic heterocycles. The number of fused-ring (bicyclic) bond motifs is 1. The van der Waals surface area contributed by atoms with Crippen LogP contribution in [-0.4, -0.2) is 15.6 Å². The number of thiazole rings is 1. The second kappa shape index (κ2) is 4.73. The Kier molecular flexibility index (Phi) is 3.04. The van der Waals surface area contributed by atoms with Crippen molar-refractivity contribution in [2.45, 2.75) is 0 Å². The molecule has 0 atom stereocenters. The minimum absolute atomic E-state index is 0.106. The molecule has 0 saturated carbocycles.